The highest BCUT2D eigenvalue weighted by molar-refractivity contribution is 7.89. The summed E-state index contributed by atoms with van der Waals surface area (Å²) in [7, 11) is -3.63. The van der Waals surface area contributed by atoms with Crippen molar-refractivity contribution in [3.63, 3.8) is 0 Å². The Labute approximate surface area is 160 Å². The molecule has 0 radical (unpaired) electrons. The van der Waals surface area contributed by atoms with Gasteiger partial charge in [-0.1, -0.05) is 19.9 Å². The Kier molecular flexibility index (Phi) is 6.96. The van der Waals surface area contributed by atoms with Crippen molar-refractivity contribution in [2.75, 3.05) is 19.6 Å². The van der Waals surface area contributed by atoms with Crippen molar-refractivity contribution in [3.8, 4) is 0 Å². The fourth-order valence-corrected chi connectivity index (χ4v) is 4.29. The van der Waals surface area contributed by atoms with Gasteiger partial charge in [0.1, 0.15) is 0 Å². The summed E-state index contributed by atoms with van der Waals surface area (Å²) in [6.07, 6.45) is 1.36. The van der Waals surface area contributed by atoms with Gasteiger partial charge >= 0.3 is 5.97 Å². The van der Waals surface area contributed by atoms with Crippen LogP contribution in [0.3, 0.4) is 0 Å². The number of hydrogen-bond acceptors (Lipinski definition) is 5. The summed E-state index contributed by atoms with van der Waals surface area (Å²) in [5.41, 5.74) is 1.02. The van der Waals surface area contributed by atoms with Crippen LogP contribution >= 0.6 is 0 Å². The summed E-state index contributed by atoms with van der Waals surface area (Å²) in [5, 5.41) is 11.9. The van der Waals surface area contributed by atoms with Gasteiger partial charge in [-0.05, 0) is 44.0 Å². The third-order valence-corrected chi connectivity index (χ3v) is 6.35. The molecule has 1 amide bonds. The molecule has 1 aromatic carbocycles. The Morgan fingerprint density at radius 2 is 1.93 bits per heavy atom. The highest BCUT2D eigenvalue weighted by atomic mass is 32.2. The van der Waals surface area contributed by atoms with Gasteiger partial charge in [0.15, 0.2) is 0 Å². The third-order valence-electron chi connectivity index (χ3n) is 4.81. The van der Waals surface area contributed by atoms with Crippen molar-refractivity contribution in [1.82, 2.24) is 14.9 Å². The molecule has 1 aliphatic rings. The summed E-state index contributed by atoms with van der Waals surface area (Å²) < 4.78 is 26.7. The molecule has 1 saturated carbocycles. The van der Waals surface area contributed by atoms with Crippen LogP contribution in [-0.4, -0.2) is 62.0 Å². The number of sulfonamides is 1. The minimum atomic E-state index is -3.63. The second kappa shape index (κ2) is 8.81. The predicted octanol–water partition coefficient (Wildman–Crippen LogP) is 0.961. The van der Waals surface area contributed by atoms with Crippen LogP contribution in [0.1, 0.15) is 42.6 Å². The number of carboxylic acid groups (broad SMARTS) is 1. The van der Waals surface area contributed by atoms with Crippen LogP contribution in [0.25, 0.3) is 0 Å². The van der Waals surface area contributed by atoms with E-state index >= 15 is 0 Å². The molecule has 0 aromatic heterocycles. The van der Waals surface area contributed by atoms with Crippen molar-refractivity contribution in [3.05, 3.63) is 29.3 Å². The van der Waals surface area contributed by atoms with Crippen LogP contribution in [0.5, 0.6) is 0 Å². The number of carboxylic acids is 1. The molecule has 0 spiro atoms. The molecule has 3 N–H and O–H groups in total. The van der Waals surface area contributed by atoms with Crippen LogP contribution in [0.2, 0.25) is 0 Å². The van der Waals surface area contributed by atoms with Gasteiger partial charge in [-0.2, -0.15) is 0 Å². The topological polar surface area (TPSA) is 116 Å². The maximum Gasteiger partial charge on any atom is 0.317 e. The molecule has 1 aliphatic carbocycles. The molecule has 27 heavy (non-hydrogen) atoms. The number of hydrogen-bond donors (Lipinski definition) is 3. The molecular weight excluding hydrogens is 370 g/mol. The highest BCUT2D eigenvalue weighted by Crippen LogP contribution is 2.26. The Morgan fingerprint density at radius 1 is 1.26 bits per heavy atom. The third kappa shape index (κ3) is 5.27. The van der Waals surface area contributed by atoms with Gasteiger partial charge in [-0.3, -0.25) is 14.5 Å². The van der Waals surface area contributed by atoms with Crippen molar-refractivity contribution in [2.45, 2.75) is 50.6 Å². The monoisotopic (exact) mass is 397 g/mol. The van der Waals surface area contributed by atoms with Crippen LogP contribution in [0.15, 0.2) is 23.1 Å². The molecular formula is C18H27N3O5S. The minimum absolute atomic E-state index is 0.00866. The second-order valence-electron chi connectivity index (χ2n) is 6.73. The number of rotatable bonds is 9. The standard InChI is InChI=1S/C18H27N3O5S/c1-4-19-27(25,26)15-7-6-12(3)16(10-15)18(24)20-13-8-14(9-13)21(5-2)11-17(22)23/h6-7,10,13-14,19H,4-5,8-9,11H2,1-3H3,(H,20,24)(H,22,23). The molecule has 1 aromatic rings. The van der Waals surface area contributed by atoms with Crippen molar-refractivity contribution < 1.29 is 23.1 Å². The fourth-order valence-electron chi connectivity index (χ4n) is 3.23. The van der Waals surface area contributed by atoms with Crippen molar-refractivity contribution in [2.24, 2.45) is 0 Å². The Balaban J connectivity index is 2.02. The molecule has 0 saturated heterocycles. The average molecular weight is 397 g/mol. The zero-order chi connectivity index (χ0) is 20.2. The quantitative estimate of drug-likeness (QED) is 0.572. The first-order valence-electron chi connectivity index (χ1n) is 9.05. The average Bonchev–Trinajstić information content (AvgIpc) is 2.55. The largest absolute Gasteiger partial charge is 0.480 e. The molecule has 0 aliphatic heterocycles. The molecule has 8 nitrogen and oxygen atoms in total. The first kappa shape index (κ1) is 21.3. The SMILES string of the molecule is CCNS(=O)(=O)c1ccc(C)c(C(=O)NC2CC(N(CC)CC(=O)O)C2)c1. The summed E-state index contributed by atoms with van der Waals surface area (Å²) in [5.74, 6) is -1.18. The molecule has 0 bridgehead atoms. The summed E-state index contributed by atoms with van der Waals surface area (Å²) in [6.45, 7) is 6.26. The summed E-state index contributed by atoms with van der Waals surface area (Å²) >= 11 is 0. The second-order valence-corrected chi connectivity index (χ2v) is 8.50. The number of benzene rings is 1. The van der Waals surface area contributed by atoms with E-state index in [4.69, 9.17) is 5.11 Å². The number of likely N-dealkylation sites (N-methyl/N-ethyl adjacent to an activating group) is 1. The Bertz CT molecular complexity index is 803. The van der Waals surface area contributed by atoms with E-state index in [1.54, 1.807) is 19.9 Å². The van der Waals surface area contributed by atoms with Crippen molar-refractivity contribution >= 4 is 21.9 Å². The number of carbonyl (C=O) groups excluding carboxylic acids is 1. The maximum atomic E-state index is 12.6. The first-order valence-corrected chi connectivity index (χ1v) is 10.5. The van der Waals surface area contributed by atoms with E-state index in [2.05, 4.69) is 10.0 Å². The van der Waals surface area contributed by atoms with Gasteiger partial charge in [-0.25, -0.2) is 13.1 Å². The number of nitrogens with one attached hydrogen (secondary N) is 2. The van der Waals surface area contributed by atoms with E-state index in [-0.39, 0.29) is 36.0 Å². The lowest BCUT2D eigenvalue weighted by Crippen LogP contribution is -2.54. The lowest BCUT2D eigenvalue weighted by atomic mass is 9.85. The van der Waals surface area contributed by atoms with Crippen LogP contribution in [0, 0.1) is 6.92 Å². The van der Waals surface area contributed by atoms with Gasteiger partial charge in [0.25, 0.3) is 5.91 Å². The zero-order valence-electron chi connectivity index (χ0n) is 15.9. The smallest absolute Gasteiger partial charge is 0.317 e. The minimum Gasteiger partial charge on any atom is -0.480 e. The molecule has 0 atom stereocenters. The maximum absolute atomic E-state index is 12.6. The number of aryl methyl sites for hydroxylation is 1. The van der Waals surface area contributed by atoms with E-state index in [9.17, 15) is 18.0 Å². The van der Waals surface area contributed by atoms with E-state index in [0.29, 0.717) is 30.5 Å². The number of aliphatic carboxylic acids is 1. The van der Waals surface area contributed by atoms with E-state index in [1.165, 1.54) is 12.1 Å². The van der Waals surface area contributed by atoms with E-state index in [1.807, 2.05) is 11.8 Å². The fraction of sp³-hybridized carbons (Fsp3) is 0.556. The molecule has 2 rings (SSSR count). The first-order chi connectivity index (χ1) is 12.7. The molecule has 1 fully saturated rings. The van der Waals surface area contributed by atoms with Crippen LogP contribution in [-0.2, 0) is 14.8 Å². The van der Waals surface area contributed by atoms with Gasteiger partial charge in [-0.15, -0.1) is 0 Å². The highest BCUT2D eigenvalue weighted by Gasteiger charge is 2.35. The molecule has 150 valence electrons. The van der Waals surface area contributed by atoms with Crippen LogP contribution < -0.4 is 10.0 Å². The number of nitrogens with zero attached hydrogens (tertiary/aromatic N) is 1. The van der Waals surface area contributed by atoms with Gasteiger partial charge < -0.3 is 10.4 Å². The Morgan fingerprint density at radius 3 is 2.48 bits per heavy atom. The lowest BCUT2D eigenvalue weighted by molar-refractivity contribution is -0.139. The van der Waals surface area contributed by atoms with Gasteiger partial charge in [0.2, 0.25) is 10.0 Å². The Hall–Kier alpha value is -1.97. The predicted molar refractivity (Wildman–Crippen MR) is 101 cm³/mol. The zero-order valence-corrected chi connectivity index (χ0v) is 16.7. The summed E-state index contributed by atoms with van der Waals surface area (Å²) in [4.78, 5) is 25.4. The van der Waals surface area contributed by atoms with Gasteiger partial charge in [0.05, 0.1) is 11.4 Å². The van der Waals surface area contributed by atoms with Crippen molar-refractivity contribution in [1.29, 1.82) is 0 Å². The normalized spacial score (nSPS) is 19.6. The lowest BCUT2D eigenvalue weighted by Gasteiger charge is -2.42. The molecule has 9 heteroatoms. The van der Waals surface area contributed by atoms with Gasteiger partial charge in [0, 0.05) is 24.2 Å². The number of carbonyl (C=O) groups is 2. The molecule has 0 unspecified atom stereocenters. The van der Waals surface area contributed by atoms with E-state index in [0.717, 1.165) is 0 Å². The summed E-state index contributed by atoms with van der Waals surface area (Å²) in [6, 6.07) is 4.58. The van der Waals surface area contributed by atoms with E-state index < -0.39 is 16.0 Å². The number of amides is 1. The molecule has 0 heterocycles. The van der Waals surface area contributed by atoms with Crippen LogP contribution in [0.4, 0.5) is 0 Å².